The van der Waals surface area contributed by atoms with Crippen molar-refractivity contribution in [3.63, 3.8) is 0 Å². The lowest BCUT2D eigenvalue weighted by Gasteiger charge is -2.21. The van der Waals surface area contributed by atoms with Gasteiger partial charge < -0.3 is 15.7 Å². The number of nitrogens with one attached hydrogen (secondary N) is 2. The Labute approximate surface area is 91.4 Å². The van der Waals surface area contributed by atoms with E-state index >= 15 is 0 Å². The van der Waals surface area contributed by atoms with Gasteiger partial charge in [-0.15, -0.1) is 0 Å². The van der Waals surface area contributed by atoms with Crippen molar-refractivity contribution >= 4 is 6.03 Å². The largest absolute Gasteiger partial charge is 0.392 e. The molecule has 0 bridgehead atoms. The molecule has 1 atom stereocenters. The van der Waals surface area contributed by atoms with Crippen LogP contribution in [-0.4, -0.2) is 30.3 Å². The van der Waals surface area contributed by atoms with E-state index in [1.165, 1.54) is 32.1 Å². The average molecular weight is 214 g/mol. The number of aliphatic hydroxyl groups excluding tert-OH is 1. The van der Waals surface area contributed by atoms with Gasteiger partial charge in [0.1, 0.15) is 0 Å². The molecule has 0 saturated heterocycles. The van der Waals surface area contributed by atoms with Crippen molar-refractivity contribution < 1.29 is 9.90 Å². The van der Waals surface area contributed by atoms with E-state index in [1.54, 1.807) is 6.92 Å². The van der Waals surface area contributed by atoms with Crippen LogP contribution in [0.1, 0.15) is 39.0 Å². The van der Waals surface area contributed by atoms with Crippen molar-refractivity contribution in [2.24, 2.45) is 5.92 Å². The summed E-state index contributed by atoms with van der Waals surface area (Å²) in [5, 5.41) is 14.4. The molecule has 3 N–H and O–H groups in total. The summed E-state index contributed by atoms with van der Waals surface area (Å²) in [6, 6.07) is -0.165. The minimum Gasteiger partial charge on any atom is -0.392 e. The number of urea groups is 1. The fourth-order valence-electron chi connectivity index (χ4n) is 1.93. The Kier molecular flexibility index (Phi) is 5.47. The topological polar surface area (TPSA) is 61.4 Å². The third-order valence-electron chi connectivity index (χ3n) is 2.83. The zero-order valence-electron chi connectivity index (χ0n) is 9.46. The van der Waals surface area contributed by atoms with Crippen molar-refractivity contribution in [2.75, 3.05) is 13.1 Å². The van der Waals surface area contributed by atoms with Crippen LogP contribution in [-0.2, 0) is 0 Å². The third-order valence-corrected chi connectivity index (χ3v) is 2.83. The first-order valence-electron chi connectivity index (χ1n) is 5.88. The second kappa shape index (κ2) is 6.67. The molecule has 1 unspecified atom stereocenters. The van der Waals surface area contributed by atoms with Gasteiger partial charge in [0, 0.05) is 13.1 Å². The van der Waals surface area contributed by atoms with E-state index in [2.05, 4.69) is 10.6 Å². The van der Waals surface area contributed by atoms with Crippen molar-refractivity contribution in [3.8, 4) is 0 Å². The number of aliphatic hydroxyl groups is 1. The van der Waals surface area contributed by atoms with Crippen LogP contribution in [0.15, 0.2) is 0 Å². The average Bonchev–Trinajstić information content (AvgIpc) is 2.25. The normalized spacial score (nSPS) is 19.6. The first kappa shape index (κ1) is 12.3. The summed E-state index contributed by atoms with van der Waals surface area (Å²) in [5.74, 6) is 0.649. The van der Waals surface area contributed by atoms with Gasteiger partial charge in [-0.05, 0) is 25.7 Å². The molecule has 1 saturated carbocycles. The Hall–Kier alpha value is -0.770. The van der Waals surface area contributed by atoms with Gasteiger partial charge in [-0.2, -0.15) is 0 Å². The number of hydrogen-bond acceptors (Lipinski definition) is 2. The van der Waals surface area contributed by atoms with Crippen molar-refractivity contribution in [1.29, 1.82) is 0 Å². The molecule has 88 valence electrons. The van der Waals surface area contributed by atoms with Gasteiger partial charge in [0.15, 0.2) is 0 Å². The SMILES string of the molecule is CC(O)CNC(=O)NCC1CCCCC1. The standard InChI is InChI=1S/C11H22N2O2/c1-9(14)7-12-11(15)13-8-10-5-3-2-4-6-10/h9-10,14H,2-8H2,1H3,(H2,12,13,15). The summed E-state index contributed by atoms with van der Waals surface area (Å²) in [4.78, 5) is 11.3. The molecule has 4 nitrogen and oxygen atoms in total. The summed E-state index contributed by atoms with van der Waals surface area (Å²) in [6.07, 6.45) is 5.91. The molecule has 0 aromatic carbocycles. The molecule has 0 aromatic rings. The zero-order valence-corrected chi connectivity index (χ0v) is 9.46. The second-order valence-corrected chi connectivity index (χ2v) is 4.44. The molecule has 2 amide bonds. The van der Waals surface area contributed by atoms with E-state index in [1.807, 2.05) is 0 Å². The predicted octanol–water partition coefficient (Wildman–Crippen LogP) is 1.25. The summed E-state index contributed by atoms with van der Waals surface area (Å²) in [6.45, 7) is 2.74. The van der Waals surface area contributed by atoms with Gasteiger partial charge in [0.2, 0.25) is 0 Å². The van der Waals surface area contributed by atoms with Gasteiger partial charge >= 0.3 is 6.03 Å². The van der Waals surface area contributed by atoms with Crippen LogP contribution in [0.2, 0.25) is 0 Å². The van der Waals surface area contributed by atoms with Crippen molar-refractivity contribution in [1.82, 2.24) is 10.6 Å². The monoisotopic (exact) mass is 214 g/mol. The molecular weight excluding hydrogens is 192 g/mol. The Morgan fingerprint density at radius 2 is 2.00 bits per heavy atom. The lowest BCUT2D eigenvalue weighted by atomic mass is 9.89. The van der Waals surface area contributed by atoms with E-state index in [-0.39, 0.29) is 6.03 Å². The summed E-state index contributed by atoms with van der Waals surface area (Å²) in [5.41, 5.74) is 0. The highest BCUT2D eigenvalue weighted by molar-refractivity contribution is 5.73. The van der Waals surface area contributed by atoms with Crippen LogP contribution in [0.4, 0.5) is 4.79 Å². The first-order chi connectivity index (χ1) is 7.18. The van der Waals surface area contributed by atoms with E-state index in [0.29, 0.717) is 12.5 Å². The highest BCUT2D eigenvalue weighted by Crippen LogP contribution is 2.22. The first-order valence-corrected chi connectivity index (χ1v) is 5.88. The molecule has 0 aromatic heterocycles. The number of amides is 2. The number of hydrogen-bond donors (Lipinski definition) is 3. The van der Waals surface area contributed by atoms with Gasteiger partial charge in [0.05, 0.1) is 6.10 Å². The maximum absolute atomic E-state index is 11.3. The second-order valence-electron chi connectivity index (χ2n) is 4.44. The minimum absolute atomic E-state index is 0.165. The molecule has 0 spiro atoms. The zero-order chi connectivity index (χ0) is 11.1. The molecule has 0 aliphatic heterocycles. The number of carbonyl (C=O) groups excluding carboxylic acids is 1. The lowest BCUT2D eigenvalue weighted by Crippen LogP contribution is -2.41. The van der Waals surface area contributed by atoms with Gasteiger partial charge in [0.25, 0.3) is 0 Å². The maximum Gasteiger partial charge on any atom is 0.314 e. The van der Waals surface area contributed by atoms with Crippen molar-refractivity contribution in [3.05, 3.63) is 0 Å². The molecule has 4 heteroatoms. The molecule has 1 fully saturated rings. The minimum atomic E-state index is -0.481. The van der Waals surface area contributed by atoms with E-state index in [9.17, 15) is 4.79 Å². The highest BCUT2D eigenvalue weighted by atomic mass is 16.3. The fourth-order valence-corrected chi connectivity index (χ4v) is 1.93. The molecule has 1 aliphatic carbocycles. The molecule has 0 heterocycles. The summed E-state index contributed by atoms with van der Waals surface area (Å²) >= 11 is 0. The Morgan fingerprint density at radius 3 is 2.60 bits per heavy atom. The van der Waals surface area contributed by atoms with E-state index in [0.717, 1.165) is 6.54 Å². The molecular formula is C11H22N2O2. The third kappa shape index (κ3) is 5.62. The Morgan fingerprint density at radius 1 is 1.33 bits per heavy atom. The van der Waals surface area contributed by atoms with E-state index in [4.69, 9.17) is 5.11 Å². The van der Waals surface area contributed by atoms with E-state index < -0.39 is 6.10 Å². The van der Waals surface area contributed by atoms with Gasteiger partial charge in [-0.25, -0.2) is 4.79 Å². The predicted molar refractivity (Wildman–Crippen MR) is 59.7 cm³/mol. The van der Waals surface area contributed by atoms with Crippen LogP contribution in [0.5, 0.6) is 0 Å². The molecule has 1 aliphatic rings. The molecule has 0 radical (unpaired) electrons. The summed E-state index contributed by atoms with van der Waals surface area (Å²) < 4.78 is 0. The van der Waals surface area contributed by atoms with Gasteiger partial charge in [-0.1, -0.05) is 19.3 Å². The van der Waals surface area contributed by atoms with Crippen LogP contribution in [0.25, 0.3) is 0 Å². The number of rotatable bonds is 4. The van der Waals surface area contributed by atoms with Crippen LogP contribution in [0, 0.1) is 5.92 Å². The molecule has 15 heavy (non-hydrogen) atoms. The lowest BCUT2D eigenvalue weighted by molar-refractivity contribution is 0.187. The van der Waals surface area contributed by atoms with Crippen LogP contribution in [0.3, 0.4) is 0 Å². The van der Waals surface area contributed by atoms with Crippen LogP contribution < -0.4 is 10.6 Å². The maximum atomic E-state index is 11.3. The number of carbonyl (C=O) groups is 1. The quantitative estimate of drug-likeness (QED) is 0.659. The Bertz CT molecular complexity index is 189. The van der Waals surface area contributed by atoms with Gasteiger partial charge in [-0.3, -0.25) is 0 Å². The Balaban J connectivity index is 2.05. The summed E-state index contributed by atoms with van der Waals surface area (Å²) in [7, 11) is 0. The molecule has 1 rings (SSSR count). The smallest absolute Gasteiger partial charge is 0.314 e. The fraction of sp³-hybridized carbons (Fsp3) is 0.909. The van der Waals surface area contributed by atoms with Crippen LogP contribution >= 0.6 is 0 Å². The highest BCUT2D eigenvalue weighted by Gasteiger charge is 2.13. The van der Waals surface area contributed by atoms with Crippen molar-refractivity contribution in [2.45, 2.75) is 45.1 Å².